The second kappa shape index (κ2) is 5.98. The van der Waals surface area contributed by atoms with Crippen molar-refractivity contribution >= 4 is 29.9 Å². The van der Waals surface area contributed by atoms with Gasteiger partial charge in [-0.15, -0.1) is 12.4 Å². The Kier molecular flexibility index (Phi) is 4.60. The summed E-state index contributed by atoms with van der Waals surface area (Å²) in [5.74, 6) is 2.59. The van der Waals surface area contributed by atoms with Crippen molar-refractivity contribution in [2.75, 3.05) is 36.5 Å². The lowest BCUT2D eigenvalue weighted by Gasteiger charge is -2.26. The number of anilines is 1. The van der Waals surface area contributed by atoms with Crippen LogP contribution in [0.15, 0.2) is 18.2 Å². The molecule has 1 fully saturated rings. The Labute approximate surface area is 114 Å². The van der Waals surface area contributed by atoms with Gasteiger partial charge < -0.3 is 5.32 Å². The van der Waals surface area contributed by atoms with Crippen LogP contribution in [-0.2, 0) is 13.0 Å². The zero-order valence-electron chi connectivity index (χ0n) is 9.95. The Bertz CT molecular complexity index is 378. The van der Waals surface area contributed by atoms with Crippen LogP contribution >= 0.6 is 24.2 Å². The third-order valence-corrected chi connectivity index (χ3v) is 4.37. The van der Waals surface area contributed by atoms with Crippen LogP contribution in [0.2, 0.25) is 0 Å². The fourth-order valence-electron chi connectivity index (χ4n) is 2.54. The van der Waals surface area contributed by atoms with Crippen LogP contribution in [0.3, 0.4) is 0 Å². The van der Waals surface area contributed by atoms with Crippen molar-refractivity contribution in [3.8, 4) is 0 Å². The summed E-state index contributed by atoms with van der Waals surface area (Å²) in [4.78, 5) is 2.58. The third kappa shape index (κ3) is 2.90. The molecule has 2 aliphatic heterocycles. The van der Waals surface area contributed by atoms with Crippen molar-refractivity contribution in [2.24, 2.45) is 0 Å². The largest absolute Gasteiger partial charge is 0.384 e. The van der Waals surface area contributed by atoms with Gasteiger partial charge in [-0.3, -0.25) is 4.90 Å². The molecule has 94 valence electrons. The SMILES string of the molecule is Cl.c1cc2c(c(CN3CCSCC3)c1)NCC2. The highest BCUT2D eigenvalue weighted by molar-refractivity contribution is 7.99. The lowest BCUT2D eigenvalue weighted by molar-refractivity contribution is 0.295. The lowest BCUT2D eigenvalue weighted by atomic mass is 10.1. The van der Waals surface area contributed by atoms with E-state index in [1.807, 2.05) is 0 Å². The first-order chi connectivity index (χ1) is 7.93. The third-order valence-electron chi connectivity index (χ3n) is 3.43. The molecule has 1 aromatic rings. The van der Waals surface area contributed by atoms with Gasteiger partial charge in [-0.1, -0.05) is 18.2 Å². The number of nitrogens with zero attached hydrogens (tertiary/aromatic N) is 1. The van der Waals surface area contributed by atoms with Crippen LogP contribution in [0.4, 0.5) is 5.69 Å². The fourth-order valence-corrected chi connectivity index (χ4v) is 3.52. The normalized spacial score (nSPS) is 19.3. The number of nitrogens with one attached hydrogen (secondary N) is 1. The molecule has 1 N–H and O–H groups in total. The van der Waals surface area contributed by atoms with E-state index in [1.165, 1.54) is 47.8 Å². The lowest BCUT2D eigenvalue weighted by Crippen LogP contribution is -2.32. The van der Waals surface area contributed by atoms with Gasteiger partial charge in [0.2, 0.25) is 0 Å². The van der Waals surface area contributed by atoms with E-state index in [-0.39, 0.29) is 12.4 Å². The van der Waals surface area contributed by atoms with E-state index in [2.05, 4.69) is 40.2 Å². The van der Waals surface area contributed by atoms with Gasteiger partial charge in [0.1, 0.15) is 0 Å². The summed E-state index contributed by atoms with van der Waals surface area (Å²) in [5, 5.41) is 3.53. The number of thioether (sulfide) groups is 1. The smallest absolute Gasteiger partial charge is 0.0419 e. The first-order valence-electron chi connectivity index (χ1n) is 6.08. The molecule has 0 unspecified atom stereocenters. The van der Waals surface area contributed by atoms with Gasteiger partial charge >= 0.3 is 0 Å². The van der Waals surface area contributed by atoms with Crippen LogP contribution in [0.1, 0.15) is 11.1 Å². The highest BCUT2D eigenvalue weighted by Crippen LogP contribution is 2.27. The Morgan fingerprint density at radius 3 is 2.88 bits per heavy atom. The second-order valence-corrected chi connectivity index (χ2v) is 5.74. The topological polar surface area (TPSA) is 15.3 Å². The van der Waals surface area contributed by atoms with Crippen molar-refractivity contribution in [3.05, 3.63) is 29.3 Å². The van der Waals surface area contributed by atoms with Crippen molar-refractivity contribution in [1.29, 1.82) is 0 Å². The number of rotatable bonds is 2. The molecule has 2 aliphatic rings. The van der Waals surface area contributed by atoms with Gasteiger partial charge in [0.05, 0.1) is 0 Å². The van der Waals surface area contributed by atoms with Gasteiger partial charge in [-0.25, -0.2) is 0 Å². The molecule has 0 atom stereocenters. The number of fused-ring (bicyclic) bond motifs is 1. The maximum atomic E-state index is 3.53. The average Bonchev–Trinajstić information content (AvgIpc) is 2.80. The second-order valence-electron chi connectivity index (χ2n) is 4.52. The van der Waals surface area contributed by atoms with E-state index < -0.39 is 0 Å². The maximum Gasteiger partial charge on any atom is 0.0419 e. The summed E-state index contributed by atoms with van der Waals surface area (Å²) >= 11 is 2.08. The molecular formula is C13H19ClN2S. The number of benzene rings is 1. The van der Waals surface area contributed by atoms with Gasteiger partial charge in [-0.2, -0.15) is 11.8 Å². The number of halogens is 1. The summed E-state index contributed by atoms with van der Waals surface area (Å²) in [6.07, 6.45) is 1.19. The molecule has 0 bridgehead atoms. The van der Waals surface area contributed by atoms with Crippen LogP contribution in [-0.4, -0.2) is 36.0 Å². The van der Waals surface area contributed by atoms with Crippen molar-refractivity contribution in [3.63, 3.8) is 0 Å². The van der Waals surface area contributed by atoms with Crippen molar-refractivity contribution in [2.45, 2.75) is 13.0 Å². The highest BCUT2D eigenvalue weighted by atomic mass is 35.5. The molecule has 17 heavy (non-hydrogen) atoms. The Hall–Kier alpha value is -0.380. The Morgan fingerprint density at radius 2 is 2.06 bits per heavy atom. The summed E-state index contributed by atoms with van der Waals surface area (Å²) in [6.45, 7) is 4.72. The number of hydrogen-bond acceptors (Lipinski definition) is 3. The molecule has 0 spiro atoms. The Morgan fingerprint density at radius 1 is 1.24 bits per heavy atom. The first-order valence-corrected chi connectivity index (χ1v) is 7.24. The maximum absolute atomic E-state index is 3.53. The van der Waals surface area contributed by atoms with Crippen molar-refractivity contribution < 1.29 is 0 Å². The zero-order chi connectivity index (χ0) is 10.8. The molecule has 0 radical (unpaired) electrons. The predicted octanol–water partition coefficient (Wildman–Crippen LogP) is 2.63. The molecule has 2 nitrogen and oxygen atoms in total. The summed E-state index contributed by atoms with van der Waals surface area (Å²) < 4.78 is 0. The molecule has 0 amide bonds. The van der Waals surface area contributed by atoms with Gasteiger partial charge in [0, 0.05) is 43.4 Å². The summed E-state index contributed by atoms with van der Waals surface area (Å²) in [7, 11) is 0. The molecule has 1 saturated heterocycles. The standard InChI is InChI=1S/C13H18N2S.ClH/c1-2-11-4-5-14-13(11)12(3-1)10-15-6-8-16-9-7-15;/h1-3,14H,4-10H2;1H. The van der Waals surface area contributed by atoms with Gasteiger partial charge in [0.25, 0.3) is 0 Å². The predicted molar refractivity (Wildman–Crippen MR) is 78.5 cm³/mol. The summed E-state index contributed by atoms with van der Waals surface area (Å²) in [5.41, 5.74) is 4.41. The first kappa shape index (κ1) is 13.1. The van der Waals surface area contributed by atoms with E-state index >= 15 is 0 Å². The molecule has 0 aromatic heterocycles. The molecule has 2 heterocycles. The monoisotopic (exact) mass is 270 g/mol. The molecular weight excluding hydrogens is 252 g/mol. The van der Waals surface area contributed by atoms with Crippen LogP contribution in [0.5, 0.6) is 0 Å². The fraction of sp³-hybridized carbons (Fsp3) is 0.538. The summed E-state index contributed by atoms with van der Waals surface area (Å²) in [6, 6.07) is 6.74. The number of para-hydroxylation sites is 1. The average molecular weight is 271 g/mol. The highest BCUT2D eigenvalue weighted by Gasteiger charge is 2.16. The molecule has 0 saturated carbocycles. The Balaban J connectivity index is 0.00000108. The minimum atomic E-state index is 0. The minimum Gasteiger partial charge on any atom is -0.384 e. The van der Waals surface area contributed by atoms with E-state index in [9.17, 15) is 0 Å². The van der Waals surface area contributed by atoms with Crippen molar-refractivity contribution in [1.82, 2.24) is 4.90 Å². The van der Waals surface area contributed by atoms with E-state index in [0.29, 0.717) is 0 Å². The van der Waals surface area contributed by atoms with E-state index in [4.69, 9.17) is 0 Å². The van der Waals surface area contributed by atoms with Crippen LogP contribution in [0, 0.1) is 0 Å². The minimum absolute atomic E-state index is 0. The molecule has 1 aromatic carbocycles. The zero-order valence-corrected chi connectivity index (χ0v) is 11.6. The van der Waals surface area contributed by atoms with Gasteiger partial charge in [0.15, 0.2) is 0 Å². The molecule has 3 rings (SSSR count). The van der Waals surface area contributed by atoms with Crippen LogP contribution in [0.25, 0.3) is 0 Å². The quantitative estimate of drug-likeness (QED) is 0.890. The molecule has 4 heteroatoms. The van der Waals surface area contributed by atoms with Gasteiger partial charge in [-0.05, 0) is 17.5 Å². The molecule has 0 aliphatic carbocycles. The van der Waals surface area contributed by atoms with E-state index in [1.54, 1.807) is 0 Å². The van der Waals surface area contributed by atoms with E-state index in [0.717, 1.165) is 13.1 Å². The number of hydrogen-bond donors (Lipinski definition) is 1. The van der Waals surface area contributed by atoms with Crippen LogP contribution < -0.4 is 5.32 Å².